The molecule has 1 amide bonds. The Morgan fingerprint density at radius 1 is 1.38 bits per heavy atom. The minimum atomic E-state index is -0.809. The minimum absolute atomic E-state index is 0.00343. The van der Waals surface area contributed by atoms with Gasteiger partial charge in [0.15, 0.2) is 0 Å². The normalized spacial score (nSPS) is 43.2. The first kappa shape index (κ1) is 11.8. The van der Waals surface area contributed by atoms with Gasteiger partial charge in [-0.2, -0.15) is 0 Å². The number of carbonyl (C=O) groups is 1. The fourth-order valence-electron chi connectivity index (χ4n) is 2.97. The number of hydrogen-bond donors (Lipinski definition) is 3. The van der Waals surface area contributed by atoms with E-state index < -0.39 is 17.6 Å². The van der Waals surface area contributed by atoms with Crippen LogP contribution in [0.2, 0.25) is 0 Å². The van der Waals surface area contributed by atoms with Gasteiger partial charge in [-0.05, 0) is 18.8 Å². The molecule has 1 aliphatic carbocycles. The Bertz CT molecular complexity index is 279. The number of rotatable bonds is 2. The summed E-state index contributed by atoms with van der Waals surface area (Å²) in [6, 6.07) is 0. The van der Waals surface area contributed by atoms with Crippen molar-refractivity contribution < 1.29 is 15.0 Å². The monoisotopic (exact) mass is 228 g/mol. The average molecular weight is 228 g/mol. The maximum absolute atomic E-state index is 12.2. The topological polar surface area (TPSA) is 86.8 Å². The highest BCUT2D eigenvalue weighted by Gasteiger charge is 2.50. The molecule has 0 aromatic carbocycles. The van der Waals surface area contributed by atoms with Gasteiger partial charge in [-0.15, -0.1) is 0 Å². The zero-order valence-corrected chi connectivity index (χ0v) is 9.59. The van der Waals surface area contributed by atoms with Crippen molar-refractivity contribution in [2.75, 3.05) is 19.6 Å². The van der Waals surface area contributed by atoms with Crippen molar-refractivity contribution in [1.82, 2.24) is 4.90 Å². The number of β-amino-alcohol motifs (C(OH)–C–C–N with tert-alkyl or cyclic N) is 2. The predicted octanol–water partition coefficient (Wildman–Crippen LogP) is -1.07. The number of amides is 1. The molecule has 5 nitrogen and oxygen atoms in total. The van der Waals surface area contributed by atoms with E-state index in [0.717, 1.165) is 12.8 Å². The van der Waals surface area contributed by atoms with E-state index in [4.69, 9.17) is 5.73 Å². The molecule has 0 spiro atoms. The zero-order valence-electron chi connectivity index (χ0n) is 9.59. The number of nitrogens with two attached hydrogens (primary N) is 1. The third-order valence-electron chi connectivity index (χ3n) is 3.87. The van der Waals surface area contributed by atoms with E-state index in [1.54, 1.807) is 4.90 Å². The van der Waals surface area contributed by atoms with E-state index in [2.05, 4.69) is 6.92 Å². The molecule has 0 aromatic rings. The van der Waals surface area contributed by atoms with E-state index in [0.29, 0.717) is 12.5 Å². The molecule has 1 saturated carbocycles. The molecule has 16 heavy (non-hydrogen) atoms. The van der Waals surface area contributed by atoms with Gasteiger partial charge in [0, 0.05) is 19.6 Å². The van der Waals surface area contributed by atoms with Crippen LogP contribution in [0.3, 0.4) is 0 Å². The molecule has 92 valence electrons. The molecule has 2 rings (SSSR count). The largest absolute Gasteiger partial charge is 0.388 e. The van der Waals surface area contributed by atoms with Crippen LogP contribution in [-0.4, -0.2) is 52.9 Å². The van der Waals surface area contributed by atoms with Gasteiger partial charge < -0.3 is 20.8 Å². The van der Waals surface area contributed by atoms with Crippen molar-refractivity contribution in [3.8, 4) is 0 Å². The molecule has 0 bridgehead atoms. The van der Waals surface area contributed by atoms with Crippen LogP contribution in [0.5, 0.6) is 0 Å². The highest BCUT2D eigenvalue weighted by Crippen LogP contribution is 2.46. The Morgan fingerprint density at radius 2 is 1.88 bits per heavy atom. The first-order chi connectivity index (χ1) is 7.48. The van der Waals surface area contributed by atoms with Crippen LogP contribution in [0.1, 0.15) is 19.8 Å². The lowest BCUT2D eigenvalue weighted by molar-refractivity contribution is -0.149. The van der Waals surface area contributed by atoms with Crippen LogP contribution < -0.4 is 5.73 Å². The van der Waals surface area contributed by atoms with Gasteiger partial charge in [0.25, 0.3) is 0 Å². The van der Waals surface area contributed by atoms with E-state index in [1.165, 1.54) is 0 Å². The zero-order chi connectivity index (χ0) is 11.9. The van der Waals surface area contributed by atoms with Crippen molar-refractivity contribution in [1.29, 1.82) is 0 Å². The summed E-state index contributed by atoms with van der Waals surface area (Å²) in [6.45, 7) is 2.93. The van der Waals surface area contributed by atoms with Crippen molar-refractivity contribution in [2.24, 2.45) is 17.1 Å². The van der Waals surface area contributed by atoms with Crippen molar-refractivity contribution in [2.45, 2.75) is 32.0 Å². The first-order valence-corrected chi connectivity index (χ1v) is 5.84. The van der Waals surface area contributed by atoms with Gasteiger partial charge in [-0.1, -0.05) is 6.92 Å². The molecular weight excluding hydrogens is 208 g/mol. The second-order valence-electron chi connectivity index (χ2n) is 5.34. The lowest BCUT2D eigenvalue weighted by Crippen LogP contribution is -2.54. The summed E-state index contributed by atoms with van der Waals surface area (Å²) >= 11 is 0. The van der Waals surface area contributed by atoms with E-state index in [9.17, 15) is 15.0 Å². The Labute approximate surface area is 95.2 Å². The number of likely N-dealkylation sites (tertiary alicyclic amines) is 1. The molecule has 1 aliphatic heterocycles. The SMILES string of the molecule is CC1CC(CN)(C(=O)N2CC(O)C(O)C2)C1. The fourth-order valence-corrected chi connectivity index (χ4v) is 2.97. The summed E-state index contributed by atoms with van der Waals surface area (Å²) in [5.74, 6) is 0.550. The van der Waals surface area contributed by atoms with Gasteiger partial charge in [-0.3, -0.25) is 4.79 Å². The average Bonchev–Trinajstić information content (AvgIpc) is 2.53. The van der Waals surface area contributed by atoms with Crippen LogP contribution in [0.4, 0.5) is 0 Å². The smallest absolute Gasteiger partial charge is 0.230 e. The molecule has 2 unspecified atom stereocenters. The highest BCUT2D eigenvalue weighted by atomic mass is 16.3. The lowest BCUT2D eigenvalue weighted by Gasteiger charge is -2.46. The maximum atomic E-state index is 12.2. The number of carbonyl (C=O) groups excluding carboxylic acids is 1. The number of aliphatic hydroxyl groups excluding tert-OH is 2. The Hall–Kier alpha value is -0.650. The van der Waals surface area contributed by atoms with Crippen LogP contribution in [0, 0.1) is 11.3 Å². The predicted molar refractivity (Wildman–Crippen MR) is 58.5 cm³/mol. The van der Waals surface area contributed by atoms with E-state index in [1.807, 2.05) is 0 Å². The maximum Gasteiger partial charge on any atom is 0.230 e. The third kappa shape index (κ3) is 1.73. The van der Waals surface area contributed by atoms with E-state index in [-0.39, 0.29) is 19.0 Å². The third-order valence-corrected chi connectivity index (χ3v) is 3.87. The summed E-state index contributed by atoms with van der Waals surface area (Å²) in [6.07, 6.45) is 0.0308. The second-order valence-corrected chi connectivity index (χ2v) is 5.34. The summed E-state index contributed by atoms with van der Waals surface area (Å²) < 4.78 is 0. The molecule has 0 aromatic heterocycles. The van der Waals surface area contributed by atoms with Gasteiger partial charge in [0.1, 0.15) is 0 Å². The Kier molecular flexibility index (Phi) is 2.94. The van der Waals surface area contributed by atoms with Gasteiger partial charge in [0.2, 0.25) is 5.91 Å². The van der Waals surface area contributed by atoms with Crippen LogP contribution in [0.15, 0.2) is 0 Å². The quantitative estimate of drug-likeness (QED) is 0.561. The van der Waals surface area contributed by atoms with Crippen LogP contribution in [0.25, 0.3) is 0 Å². The second kappa shape index (κ2) is 3.98. The molecule has 2 fully saturated rings. The summed E-state index contributed by atoms with van der Waals surface area (Å²) in [4.78, 5) is 13.8. The van der Waals surface area contributed by atoms with Crippen molar-refractivity contribution >= 4 is 5.91 Å². The number of nitrogens with zero attached hydrogens (tertiary/aromatic N) is 1. The number of hydrogen-bond acceptors (Lipinski definition) is 4. The molecule has 1 heterocycles. The standard InChI is InChI=1S/C11H20N2O3/c1-7-2-11(3-7,6-12)10(16)13-4-8(14)9(15)5-13/h7-9,14-15H,2-6,12H2,1H3. The fraction of sp³-hybridized carbons (Fsp3) is 0.909. The van der Waals surface area contributed by atoms with E-state index >= 15 is 0 Å². The van der Waals surface area contributed by atoms with Crippen LogP contribution in [-0.2, 0) is 4.79 Å². The number of aliphatic hydroxyl groups is 2. The highest BCUT2D eigenvalue weighted by molar-refractivity contribution is 5.84. The Balaban J connectivity index is 2.02. The van der Waals surface area contributed by atoms with Gasteiger partial charge in [0.05, 0.1) is 17.6 Å². The molecular formula is C11H20N2O3. The minimum Gasteiger partial charge on any atom is -0.388 e. The van der Waals surface area contributed by atoms with Gasteiger partial charge >= 0.3 is 0 Å². The molecule has 1 saturated heterocycles. The summed E-state index contributed by atoms with van der Waals surface area (Å²) in [7, 11) is 0. The first-order valence-electron chi connectivity index (χ1n) is 5.84. The Morgan fingerprint density at radius 3 is 2.25 bits per heavy atom. The van der Waals surface area contributed by atoms with Crippen molar-refractivity contribution in [3.63, 3.8) is 0 Å². The lowest BCUT2D eigenvalue weighted by atomic mass is 9.62. The van der Waals surface area contributed by atoms with Crippen molar-refractivity contribution in [3.05, 3.63) is 0 Å². The van der Waals surface area contributed by atoms with Crippen LogP contribution >= 0.6 is 0 Å². The summed E-state index contributed by atoms with van der Waals surface area (Å²) in [5.41, 5.74) is 5.27. The molecule has 2 aliphatic rings. The molecule has 2 atom stereocenters. The van der Waals surface area contributed by atoms with Gasteiger partial charge in [-0.25, -0.2) is 0 Å². The summed E-state index contributed by atoms with van der Waals surface area (Å²) in [5, 5.41) is 18.8. The molecule has 5 heteroatoms. The molecule has 0 radical (unpaired) electrons. The molecule has 4 N–H and O–H groups in total.